The number of aromatic nitrogens is 1. The van der Waals surface area contributed by atoms with Crippen LogP contribution in [0.4, 0.5) is 0 Å². The van der Waals surface area contributed by atoms with Gasteiger partial charge in [0.2, 0.25) is 0 Å². The molecule has 0 spiro atoms. The Hall–Kier alpha value is -2.66. The van der Waals surface area contributed by atoms with E-state index in [1.54, 1.807) is 12.5 Å². The van der Waals surface area contributed by atoms with Gasteiger partial charge in [0.1, 0.15) is 5.58 Å². The van der Waals surface area contributed by atoms with Crippen molar-refractivity contribution in [2.75, 3.05) is 0 Å². The Kier molecular flexibility index (Phi) is 4.94. The molecule has 0 saturated heterocycles. The van der Waals surface area contributed by atoms with Gasteiger partial charge < -0.3 is 14.8 Å². The molecule has 1 aliphatic rings. The molecule has 2 aromatic heterocycles. The van der Waals surface area contributed by atoms with Gasteiger partial charge in [0.15, 0.2) is 0 Å². The number of hydrogen-bond acceptors (Lipinski definition) is 4. The van der Waals surface area contributed by atoms with Crippen molar-refractivity contribution in [1.29, 1.82) is 0 Å². The Morgan fingerprint density at radius 1 is 1.18 bits per heavy atom. The number of furan rings is 1. The maximum absolute atomic E-state index is 12.6. The van der Waals surface area contributed by atoms with Crippen LogP contribution in [0.1, 0.15) is 49.9 Å². The highest BCUT2D eigenvalue weighted by Gasteiger charge is 2.36. The quantitative estimate of drug-likeness (QED) is 0.698. The van der Waals surface area contributed by atoms with Crippen LogP contribution in [0.15, 0.2) is 53.3 Å². The third-order valence-electron chi connectivity index (χ3n) is 6.06. The SMILES string of the molecule is CC(C)[C@]1(O)CC[C@@H](NC(=O)c2ccc(-c3nccc4occc34)cc2)CC1. The first-order valence-corrected chi connectivity index (χ1v) is 9.92. The molecule has 1 amide bonds. The summed E-state index contributed by atoms with van der Waals surface area (Å²) >= 11 is 0. The smallest absolute Gasteiger partial charge is 0.251 e. The first-order chi connectivity index (χ1) is 13.5. The third-order valence-corrected chi connectivity index (χ3v) is 6.06. The number of rotatable bonds is 4. The molecule has 0 bridgehead atoms. The lowest BCUT2D eigenvalue weighted by Crippen LogP contribution is -2.45. The first kappa shape index (κ1) is 18.7. The normalized spacial score (nSPS) is 22.5. The highest BCUT2D eigenvalue weighted by atomic mass is 16.3. The van der Waals surface area contributed by atoms with E-state index in [0.717, 1.165) is 47.9 Å². The molecule has 146 valence electrons. The van der Waals surface area contributed by atoms with Gasteiger partial charge in [-0.15, -0.1) is 0 Å². The van der Waals surface area contributed by atoms with Crippen LogP contribution in [0.3, 0.4) is 0 Å². The molecule has 0 atom stereocenters. The monoisotopic (exact) mass is 378 g/mol. The summed E-state index contributed by atoms with van der Waals surface area (Å²) in [7, 11) is 0. The Morgan fingerprint density at radius 2 is 1.89 bits per heavy atom. The van der Waals surface area contributed by atoms with Crippen molar-refractivity contribution in [3.8, 4) is 11.3 Å². The average molecular weight is 378 g/mol. The average Bonchev–Trinajstić information content (AvgIpc) is 3.19. The van der Waals surface area contributed by atoms with Crippen LogP contribution in [0.25, 0.3) is 22.2 Å². The standard InChI is InChI=1S/C23H26N2O3/c1-15(2)23(27)11-7-18(8-12-23)25-22(26)17-5-3-16(4-6-17)21-19-10-14-28-20(19)9-13-24-21/h3-6,9-10,13-15,18,27H,7-8,11-12H2,1-2H3,(H,25,26)/t18-,23+. The van der Waals surface area contributed by atoms with Gasteiger partial charge in [-0.25, -0.2) is 0 Å². The van der Waals surface area contributed by atoms with Crippen LogP contribution in [0, 0.1) is 5.92 Å². The molecule has 3 aromatic rings. The van der Waals surface area contributed by atoms with Crippen molar-refractivity contribution in [2.24, 2.45) is 5.92 Å². The van der Waals surface area contributed by atoms with E-state index in [-0.39, 0.29) is 17.9 Å². The second-order valence-electron chi connectivity index (χ2n) is 8.08. The summed E-state index contributed by atoms with van der Waals surface area (Å²) in [5, 5.41) is 14.7. The second kappa shape index (κ2) is 7.40. The summed E-state index contributed by atoms with van der Waals surface area (Å²) in [6.07, 6.45) is 6.46. The van der Waals surface area contributed by atoms with Gasteiger partial charge in [-0.2, -0.15) is 0 Å². The number of fused-ring (bicyclic) bond motifs is 1. The van der Waals surface area contributed by atoms with Crippen LogP contribution in [-0.2, 0) is 0 Å². The summed E-state index contributed by atoms with van der Waals surface area (Å²) in [4.78, 5) is 17.1. The molecule has 0 aliphatic heterocycles. The zero-order valence-electron chi connectivity index (χ0n) is 16.3. The van der Waals surface area contributed by atoms with Crippen molar-refractivity contribution >= 4 is 16.9 Å². The fraction of sp³-hybridized carbons (Fsp3) is 0.391. The number of hydrogen-bond donors (Lipinski definition) is 2. The van der Waals surface area contributed by atoms with Crippen molar-refractivity contribution in [2.45, 2.75) is 51.2 Å². The molecule has 0 radical (unpaired) electrons. The minimum Gasteiger partial charge on any atom is -0.464 e. The molecule has 2 N–H and O–H groups in total. The number of benzene rings is 1. The number of nitrogens with one attached hydrogen (secondary N) is 1. The maximum Gasteiger partial charge on any atom is 0.251 e. The van der Waals surface area contributed by atoms with E-state index in [4.69, 9.17) is 4.42 Å². The summed E-state index contributed by atoms with van der Waals surface area (Å²) in [6.45, 7) is 4.11. The molecule has 2 heterocycles. The zero-order valence-corrected chi connectivity index (χ0v) is 16.3. The van der Waals surface area contributed by atoms with Crippen molar-refractivity contribution in [1.82, 2.24) is 10.3 Å². The van der Waals surface area contributed by atoms with Crippen LogP contribution in [0.5, 0.6) is 0 Å². The topological polar surface area (TPSA) is 75.4 Å². The predicted molar refractivity (Wildman–Crippen MR) is 109 cm³/mol. The van der Waals surface area contributed by atoms with Gasteiger partial charge in [-0.1, -0.05) is 26.0 Å². The summed E-state index contributed by atoms with van der Waals surface area (Å²) in [5.74, 6) is 0.172. The molecule has 5 heteroatoms. The van der Waals surface area contributed by atoms with E-state index >= 15 is 0 Å². The minimum absolute atomic E-state index is 0.0685. The van der Waals surface area contributed by atoms with Gasteiger partial charge in [0, 0.05) is 28.8 Å². The van der Waals surface area contributed by atoms with Crippen molar-refractivity contribution < 1.29 is 14.3 Å². The summed E-state index contributed by atoms with van der Waals surface area (Å²) < 4.78 is 5.43. The van der Waals surface area contributed by atoms with E-state index in [2.05, 4.69) is 24.1 Å². The number of nitrogens with zero attached hydrogens (tertiary/aromatic N) is 1. The lowest BCUT2D eigenvalue weighted by atomic mass is 9.75. The van der Waals surface area contributed by atoms with Crippen molar-refractivity contribution in [3.63, 3.8) is 0 Å². The molecular formula is C23H26N2O3. The molecule has 1 fully saturated rings. The Bertz CT molecular complexity index is 967. The Labute approximate surface area is 164 Å². The van der Waals surface area contributed by atoms with Crippen molar-refractivity contribution in [3.05, 3.63) is 54.4 Å². The molecule has 1 aliphatic carbocycles. The molecule has 5 nitrogen and oxygen atoms in total. The number of carbonyl (C=O) groups is 1. The van der Waals surface area contributed by atoms with Crippen LogP contribution < -0.4 is 5.32 Å². The van der Waals surface area contributed by atoms with Crippen LogP contribution >= 0.6 is 0 Å². The van der Waals surface area contributed by atoms with Crippen LogP contribution in [-0.4, -0.2) is 27.6 Å². The largest absolute Gasteiger partial charge is 0.464 e. The van der Waals surface area contributed by atoms with Gasteiger partial charge in [0.25, 0.3) is 5.91 Å². The lowest BCUT2D eigenvalue weighted by Gasteiger charge is -2.39. The number of amides is 1. The maximum atomic E-state index is 12.6. The van der Waals surface area contributed by atoms with Gasteiger partial charge in [-0.05, 0) is 55.9 Å². The highest BCUT2D eigenvalue weighted by molar-refractivity contribution is 5.96. The van der Waals surface area contributed by atoms with Gasteiger partial charge in [0.05, 0.1) is 17.6 Å². The molecule has 4 rings (SSSR count). The van der Waals surface area contributed by atoms with E-state index in [1.165, 1.54) is 0 Å². The molecule has 0 unspecified atom stereocenters. The predicted octanol–water partition coefficient (Wildman–Crippen LogP) is 4.55. The fourth-order valence-corrected chi connectivity index (χ4v) is 4.01. The minimum atomic E-state index is -0.593. The Morgan fingerprint density at radius 3 is 2.57 bits per heavy atom. The molecule has 1 saturated carbocycles. The summed E-state index contributed by atoms with van der Waals surface area (Å²) in [5.41, 5.74) is 2.63. The van der Waals surface area contributed by atoms with E-state index < -0.39 is 5.60 Å². The zero-order chi connectivity index (χ0) is 19.7. The Balaban J connectivity index is 1.43. The summed E-state index contributed by atoms with van der Waals surface area (Å²) in [6, 6.07) is 11.4. The van der Waals surface area contributed by atoms with E-state index in [1.807, 2.05) is 36.4 Å². The first-order valence-electron chi connectivity index (χ1n) is 9.92. The lowest BCUT2D eigenvalue weighted by molar-refractivity contribution is -0.0424. The van der Waals surface area contributed by atoms with E-state index in [9.17, 15) is 9.90 Å². The van der Waals surface area contributed by atoms with Gasteiger partial charge in [-0.3, -0.25) is 9.78 Å². The molecule has 28 heavy (non-hydrogen) atoms. The molecule has 1 aromatic carbocycles. The molecular weight excluding hydrogens is 352 g/mol. The van der Waals surface area contributed by atoms with Crippen LogP contribution in [0.2, 0.25) is 0 Å². The number of pyridine rings is 1. The highest BCUT2D eigenvalue weighted by Crippen LogP contribution is 2.34. The fourth-order valence-electron chi connectivity index (χ4n) is 4.01. The van der Waals surface area contributed by atoms with E-state index in [0.29, 0.717) is 5.56 Å². The third kappa shape index (κ3) is 3.54. The van der Waals surface area contributed by atoms with Gasteiger partial charge >= 0.3 is 0 Å². The number of carbonyl (C=O) groups excluding carboxylic acids is 1. The number of aliphatic hydroxyl groups is 1. The second-order valence-corrected chi connectivity index (χ2v) is 8.08.